The predicted octanol–water partition coefficient (Wildman–Crippen LogP) is 3.57. The van der Waals surface area contributed by atoms with Crippen molar-refractivity contribution in [2.45, 2.75) is 20.0 Å². The van der Waals surface area contributed by atoms with Crippen molar-refractivity contribution in [1.82, 2.24) is 9.97 Å². The van der Waals surface area contributed by atoms with Crippen LogP contribution in [0.5, 0.6) is 0 Å². The molecule has 3 aromatic rings. The number of hydrogen-bond acceptors (Lipinski definition) is 7. The van der Waals surface area contributed by atoms with Gasteiger partial charge in [0.1, 0.15) is 9.88 Å². The first-order chi connectivity index (χ1) is 13.5. The Hall–Kier alpha value is -3.57. The van der Waals surface area contributed by atoms with Gasteiger partial charge in [-0.05, 0) is 50.2 Å². The van der Waals surface area contributed by atoms with E-state index < -0.39 is 18.0 Å². The average Bonchev–Trinajstić information content (AvgIpc) is 3.11. The molecular formula is C20H16N4O3S. The average molecular weight is 392 g/mol. The van der Waals surface area contributed by atoms with E-state index in [9.17, 15) is 9.59 Å². The highest BCUT2D eigenvalue weighted by Gasteiger charge is 2.23. The van der Waals surface area contributed by atoms with Crippen molar-refractivity contribution in [2.75, 3.05) is 5.32 Å². The number of rotatable bonds is 5. The van der Waals surface area contributed by atoms with Crippen molar-refractivity contribution in [3.05, 3.63) is 64.8 Å². The Morgan fingerprint density at radius 1 is 1.21 bits per heavy atom. The molecule has 0 fully saturated rings. The summed E-state index contributed by atoms with van der Waals surface area (Å²) in [7, 11) is 0. The van der Waals surface area contributed by atoms with Crippen LogP contribution in [0.3, 0.4) is 0 Å². The SMILES string of the molecule is Cc1nc(-c2ccccn2)sc1C(=O)O[C@@H](C)C(=O)Nc1ccc(C#N)cc1. The Kier molecular flexibility index (Phi) is 5.77. The fraction of sp³-hybridized carbons (Fsp3) is 0.150. The molecule has 0 saturated carbocycles. The lowest BCUT2D eigenvalue weighted by atomic mass is 10.2. The summed E-state index contributed by atoms with van der Waals surface area (Å²) in [6.07, 6.45) is 0.655. The van der Waals surface area contributed by atoms with Gasteiger partial charge in [0.2, 0.25) is 0 Å². The number of aryl methyl sites for hydroxylation is 1. The predicted molar refractivity (Wildman–Crippen MR) is 105 cm³/mol. The summed E-state index contributed by atoms with van der Waals surface area (Å²) >= 11 is 1.17. The second-order valence-electron chi connectivity index (χ2n) is 5.87. The van der Waals surface area contributed by atoms with Crippen molar-refractivity contribution in [2.24, 2.45) is 0 Å². The molecule has 0 aliphatic rings. The summed E-state index contributed by atoms with van der Waals surface area (Å²) in [5, 5.41) is 12.1. The number of amides is 1. The zero-order chi connectivity index (χ0) is 20.1. The second-order valence-corrected chi connectivity index (χ2v) is 6.87. The largest absolute Gasteiger partial charge is 0.448 e. The fourth-order valence-electron chi connectivity index (χ4n) is 2.32. The lowest BCUT2D eigenvalue weighted by Gasteiger charge is -2.13. The molecule has 8 heteroatoms. The van der Waals surface area contributed by atoms with Crippen molar-refractivity contribution in [3.8, 4) is 16.8 Å². The molecule has 0 saturated heterocycles. The van der Waals surface area contributed by atoms with Crippen LogP contribution in [0.15, 0.2) is 48.7 Å². The monoisotopic (exact) mass is 392 g/mol. The third kappa shape index (κ3) is 4.39. The highest BCUT2D eigenvalue weighted by molar-refractivity contribution is 7.17. The van der Waals surface area contributed by atoms with Crippen LogP contribution in [0.4, 0.5) is 5.69 Å². The number of ether oxygens (including phenoxy) is 1. The van der Waals surface area contributed by atoms with Crippen LogP contribution >= 0.6 is 11.3 Å². The van der Waals surface area contributed by atoms with Gasteiger partial charge in [0.15, 0.2) is 6.10 Å². The maximum Gasteiger partial charge on any atom is 0.351 e. The van der Waals surface area contributed by atoms with E-state index in [4.69, 9.17) is 10.00 Å². The molecule has 2 heterocycles. The Morgan fingerprint density at radius 3 is 2.61 bits per heavy atom. The highest BCUT2D eigenvalue weighted by atomic mass is 32.1. The number of aromatic nitrogens is 2. The number of pyridine rings is 1. The van der Waals surface area contributed by atoms with E-state index in [-0.39, 0.29) is 0 Å². The Morgan fingerprint density at radius 2 is 1.96 bits per heavy atom. The second kappa shape index (κ2) is 8.41. The lowest BCUT2D eigenvalue weighted by Crippen LogP contribution is -2.29. The van der Waals surface area contributed by atoms with Crippen LogP contribution in [-0.4, -0.2) is 27.9 Å². The van der Waals surface area contributed by atoms with E-state index in [0.29, 0.717) is 32.5 Å². The number of anilines is 1. The summed E-state index contributed by atoms with van der Waals surface area (Å²) in [6.45, 7) is 3.20. The minimum absolute atomic E-state index is 0.332. The van der Waals surface area contributed by atoms with Gasteiger partial charge in [-0.1, -0.05) is 6.07 Å². The van der Waals surface area contributed by atoms with E-state index in [1.165, 1.54) is 18.3 Å². The van der Waals surface area contributed by atoms with Crippen LogP contribution in [0.25, 0.3) is 10.7 Å². The van der Waals surface area contributed by atoms with E-state index >= 15 is 0 Å². The molecule has 1 aromatic carbocycles. The van der Waals surface area contributed by atoms with Gasteiger partial charge in [0.05, 0.1) is 23.0 Å². The zero-order valence-electron chi connectivity index (χ0n) is 15.2. The highest BCUT2D eigenvalue weighted by Crippen LogP contribution is 2.27. The van der Waals surface area contributed by atoms with Crippen molar-refractivity contribution < 1.29 is 14.3 Å². The fourth-order valence-corrected chi connectivity index (χ4v) is 3.25. The Labute approximate surface area is 165 Å². The number of nitrogens with one attached hydrogen (secondary N) is 1. The molecular weight excluding hydrogens is 376 g/mol. The number of hydrogen-bond donors (Lipinski definition) is 1. The van der Waals surface area contributed by atoms with Gasteiger partial charge in [-0.25, -0.2) is 9.78 Å². The van der Waals surface area contributed by atoms with Crippen molar-refractivity contribution >= 4 is 28.9 Å². The van der Waals surface area contributed by atoms with Gasteiger partial charge < -0.3 is 10.1 Å². The Balaban J connectivity index is 1.66. The van der Waals surface area contributed by atoms with Gasteiger partial charge in [-0.3, -0.25) is 9.78 Å². The molecule has 0 bridgehead atoms. The van der Waals surface area contributed by atoms with Gasteiger partial charge in [-0.15, -0.1) is 11.3 Å². The van der Waals surface area contributed by atoms with Gasteiger partial charge in [0, 0.05) is 11.9 Å². The molecule has 2 aromatic heterocycles. The zero-order valence-corrected chi connectivity index (χ0v) is 16.0. The summed E-state index contributed by atoms with van der Waals surface area (Å²) in [4.78, 5) is 33.7. The van der Waals surface area contributed by atoms with E-state index in [1.807, 2.05) is 12.1 Å². The number of carbonyl (C=O) groups is 2. The summed E-state index contributed by atoms with van der Waals surface area (Å²) < 4.78 is 5.29. The molecule has 0 aliphatic carbocycles. The molecule has 0 spiro atoms. The van der Waals surface area contributed by atoms with Crippen molar-refractivity contribution in [1.29, 1.82) is 5.26 Å². The first-order valence-corrected chi connectivity index (χ1v) is 9.20. The molecule has 0 aliphatic heterocycles. The maximum atomic E-state index is 12.5. The van der Waals surface area contributed by atoms with Crippen LogP contribution < -0.4 is 5.32 Å². The van der Waals surface area contributed by atoms with E-state index in [2.05, 4.69) is 15.3 Å². The van der Waals surface area contributed by atoms with E-state index in [0.717, 1.165) is 0 Å². The third-order valence-corrected chi connectivity index (χ3v) is 4.96. The first-order valence-electron chi connectivity index (χ1n) is 8.39. The molecule has 140 valence electrons. The first kappa shape index (κ1) is 19.2. The summed E-state index contributed by atoms with van der Waals surface area (Å²) in [6, 6.07) is 13.8. The summed E-state index contributed by atoms with van der Waals surface area (Å²) in [5.41, 5.74) is 2.19. The molecule has 1 N–H and O–H groups in total. The number of benzene rings is 1. The molecule has 0 radical (unpaired) electrons. The van der Waals surface area contributed by atoms with Gasteiger partial charge in [0.25, 0.3) is 5.91 Å². The van der Waals surface area contributed by atoms with Crippen molar-refractivity contribution in [3.63, 3.8) is 0 Å². The van der Waals surface area contributed by atoms with Crippen LogP contribution in [0.2, 0.25) is 0 Å². The number of esters is 1. The number of nitrogens with zero attached hydrogens (tertiary/aromatic N) is 3. The normalized spacial score (nSPS) is 11.3. The van der Waals surface area contributed by atoms with Crippen LogP contribution in [-0.2, 0) is 9.53 Å². The number of thiazole rings is 1. The van der Waals surface area contributed by atoms with Crippen LogP contribution in [0.1, 0.15) is 27.9 Å². The maximum absolute atomic E-state index is 12.5. The molecule has 1 amide bonds. The van der Waals surface area contributed by atoms with Crippen LogP contribution in [0, 0.1) is 18.3 Å². The third-order valence-electron chi connectivity index (χ3n) is 3.80. The lowest BCUT2D eigenvalue weighted by molar-refractivity contribution is -0.123. The molecule has 1 atom stereocenters. The quantitative estimate of drug-likeness (QED) is 0.666. The van der Waals surface area contributed by atoms with E-state index in [1.54, 1.807) is 49.5 Å². The molecule has 7 nitrogen and oxygen atoms in total. The smallest absolute Gasteiger partial charge is 0.351 e. The standard InChI is InChI=1S/C20H16N4O3S/c1-12-17(28-19(23-12)16-5-3-4-10-22-16)20(26)27-13(2)18(25)24-15-8-6-14(11-21)7-9-15/h3-10,13H,1-2H3,(H,24,25)/t13-/m0/s1. The summed E-state index contributed by atoms with van der Waals surface area (Å²) in [5.74, 6) is -1.08. The van der Waals surface area contributed by atoms with Gasteiger partial charge in [-0.2, -0.15) is 5.26 Å². The minimum Gasteiger partial charge on any atom is -0.448 e. The number of nitriles is 1. The molecule has 3 rings (SSSR count). The van der Waals surface area contributed by atoms with Gasteiger partial charge >= 0.3 is 5.97 Å². The number of carbonyl (C=O) groups excluding carboxylic acids is 2. The topological polar surface area (TPSA) is 105 Å². The molecule has 0 unspecified atom stereocenters. The Bertz CT molecular complexity index is 1040. The molecule has 28 heavy (non-hydrogen) atoms. The minimum atomic E-state index is -0.997.